The van der Waals surface area contributed by atoms with Gasteiger partial charge in [-0.2, -0.15) is 5.26 Å². The number of nitrogens with zero attached hydrogens (tertiary/aromatic N) is 1. The minimum absolute atomic E-state index is 0.195. The van der Waals surface area contributed by atoms with Crippen molar-refractivity contribution in [3.63, 3.8) is 0 Å². The predicted octanol–water partition coefficient (Wildman–Crippen LogP) is 1.46. The third kappa shape index (κ3) is 3.75. The molecule has 1 N–H and O–H groups in total. The van der Waals surface area contributed by atoms with Gasteiger partial charge in [0.1, 0.15) is 5.54 Å². The van der Waals surface area contributed by atoms with Gasteiger partial charge in [-0.3, -0.25) is 5.32 Å². The molecule has 0 spiro atoms. The normalized spacial score (nSPS) is 29.6. The first-order chi connectivity index (χ1) is 7.62. The molecule has 0 aromatic carbocycles. The van der Waals surface area contributed by atoms with E-state index in [1.165, 1.54) is 0 Å². The van der Waals surface area contributed by atoms with Crippen molar-refractivity contribution < 1.29 is 9.47 Å². The van der Waals surface area contributed by atoms with E-state index in [-0.39, 0.29) is 11.6 Å². The van der Waals surface area contributed by atoms with Crippen LogP contribution in [0, 0.1) is 11.3 Å². The van der Waals surface area contributed by atoms with Gasteiger partial charge in [0.05, 0.1) is 25.4 Å². The van der Waals surface area contributed by atoms with E-state index in [1.54, 1.807) is 7.11 Å². The van der Waals surface area contributed by atoms with Crippen LogP contribution in [0.2, 0.25) is 0 Å². The van der Waals surface area contributed by atoms with Crippen LogP contribution < -0.4 is 5.32 Å². The van der Waals surface area contributed by atoms with E-state index in [0.717, 1.165) is 19.3 Å². The first-order valence-corrected chi connectivity index (χ1v) is 5.91. The molecule has 4 heteroatoms. The molecule has 0 heterocycles. The van der Waals surface area contributed by atoms with Crippen molar-refractivity contribution in [3.8, 4) is 6.07 Å². The van der Waals surface area contributed by atoms with Crippen molar-refractivity contribution in [2.45, 2.75) is 50.8 Å². The molecule has 1 aliphatic rings. The molecule has 0 saturated heterocycles. The summed E-state index contributed by atoms with van der Waals surface area (Å²) in [5.74, 6) is 0. The van der Waals surface area contributed by atoms with Crippen molar-refractivity contribution in [3.05, 3.63) is 0 Å². The molecular formula is C12H22N2O2. The van der Waals surface area contributed by atoms with E-state index in [4.69, 9.17) is 9.47 Å². The Morgan fingerprint density at radius 1 is 1.50 bits per heavy atom. The predicted molar refractivity (Wildman–Crippen MR) is 62.1 cm³/mol. The van der Waals surface area contributed by atoms with Crippen LogP contribution in [0.15, 0.2) is 0 Å². The highest BCUT2D eigenvalue weighted by Gasteiger charge is 2.40. The molecule has 92 valence electrons. The molecule has 2 atom stereocenters. The maximum Gasteiger partial charge on any atom is 0.109 e. The lowest BCUT2D eigenvalue weighted by Crippen LogP contribution is -2.45. The fourth-order valence-electron chi connectivity index (χ4n) is 2.26. The molecule has 0 radical (unpaired) electrons. The average molecular weight is 226 g/mol. The van der Waals surface area contributed by atoms with Crippen LogP contribution in [0.4, 0.5) is 0 Å². The van der Waals surface area contributed by atoms with Crippen molar-refractivity contribution in [1.29, 1.82) is 5.26 Å². The van der Waals surface area contributed by atoms with Gasteiger partial charge in [0, 0.05) is 19.6 Å². The summed E-state index contributed by atoms with van der Waals surface area (Å²) in [5.41, 5.74) is -0.383. The molecule has 1 aliphatic carbocycles. The zero-order chi connectivity index (χ0) is 12.0. The van der Waals surface area contributed by atoms with Gasteiger partial charge in [0.25, 0.3) is 0 Å². The Labute approximate surface area is 97.9 Å². The standard InChI is InChI=1S/C12H22N2O2/c1-10(2)14-12(9-13)5-4-11(8-12)16-7-6-15-3/h10-11,14H,4-8H2,1-3H3. The van der Waals surface area contributed by atoms with Crippen LogP contribution in [-0.2, 0) is 9.47 Å². The van der Waals surface area contributed by atoms with Gasteiger partial charge in [0.15, 0.2) is 0 Å². The monoisotopic (exact) mass is 226 g/mol. The summed E-state index contributed by atoms with van der Waals surface area (Å²) in [6.07, 6.45) is 2.81. The van der Waals surface area contributed by atoms with Crippen LogP contribution in [0.5, 0.6) is 0 Å². The SMILES string of the molecule is COCCOC1CCC(C#N)(NC(C)C)C1. The van der Waals surface area contributed by atoms with E-state index < -0.39 is 0 Å². The fourth-order valence-corrected chi connectivity index (χ4v) is 2.26. The molecule has 1 fully saturated rings. The highest BCUT2D eigenvalue weighted by atomic mass is 16.5. The number of methoxy groups -OCH3 is 1. The molecule has 0 aromatic heterocycles. The average Bonchev–Trinajstić information content (AvgIpc) is 2.62. The van der Waals surface area contributed by atoms with E-state index >= 15 is 0 Å². The molecule has 0 aliphatic heterocycles. The van der Waals surface area contributed by atoms with Crippen LogP contribution in [0.1, 0.15) is 33.1 Å². The highest BCUT2D eigenvalue weighted by molar-refractivity contribution is 5.12. The lowest BCUT2D eigenvalue weighted by Gasteiger charge is -2.25. The second-order valence-corrected chi connectivity index (χ2v) is 4.72. The number of nitriles is 1. The van der Waals surface area contributed by atoms with E-state index in [0.29, 0.717) is 19.3 Å². The quantitative estimate of drug-likeness (QED) is 0.697. The third-order valence-corrected chi connectivity index (χ3v) is 2.89. The Balaban J connectivity index is 2.39. The third-order valence-electron chi connectivity index (χ3n) is 2.89. The van der Waals surface area contributed by atoms with Crippen LogP contribution in [-0.4, -0.2) is 38.0 Å². The van der Waals surface area contributed by atoms with Crippen molar-refractivity contribution in [2.24, 2.45) is 0 Å². The Bertz CT molecular complexity index is 250. The number of rotatable bonds is 6. The molecular weight excluding hydrogens is 204 g/mol. The largest absolute Gasteiger partial charge is 0.382 e. The molecule has 1 rings (SSSR count). The van der Waals surface area contributed by atoms with Crippen LogP contribution in [0.3, 0.4) is 0 Å². The molecule has 1 saturated carbocycles. The highest BCUT2D eigenvalue weighted by Crippen LogP contribution is 2.31. The van der Waals surface area contributed by atoms with Crippen molar-refractivity contribution in [2.75, 3.05) is 20.3 Å². The lowest BCUT2D eigenvalue weighted by molar-refractivity contribution is 0.0184. The smallest absolute Gasteiger partial charge is 0.109 e. The van der Waals surface area contributed by atoms with Gasteiger partial charge in [-0.25, -0.2) is 0 Å². The Morgan fingerprint density at radius 2 is 2.25 bits per heavy atom. The maximum absolute atomic E-state index is 9.26. The molecule has 2 unspecified atom stereocenters. The van der Waals surface area contributed by atoms with E-state index in [1.807, 2.05) is 0 Å². The van der Waals surface area contributed by atoms with Crippen LogP contribution >= 0.6 is 0 Å². The number of hydrogen-bond donors (Lipinski definition) is 1. The summed E-state index contributed by atoms with van der Waals surface area (Å²) in [6, 6.07) is 2.74. The number of nitrogens with one attached hydrogen (secondary N) is 1. The maximum atomic E-state index is 9.26. The molecule has 0 bridgehead atoms. The molecule has 4 nitrogen and oxygen atoms in total. The van der Waals surface area contributed by atoms with Crippen molar-refractivity contribution >= 4 is 0 Å². The minimum atomic E-state index is -0.383. The van der Waals surface area contributed by atoms with Gasteiger partial charge < -0.3 is 9.47 Å². The number of hydrogen-bond acceptors (Lipinski definition) is 4. The van der Waals surface area contributed by atoms with Gasteiger partial charge in [-0.15, -0.1) is 0 Å². The number of ether oxygens (including phenoxy) is 2. The zero-order valence-electron chi connectivity index (χ0n) is 10.5. The Kier molecular flexibility index (Phi) is 5.20. The summed E-state index contributed by atoms with van der Waals surface area (Å²) < 4.78 is 10.6. The second-order valence-electron chi connectivity index (χ2n) is 4.72. The first-order valence-electron chi connectivity index (χ1n) is 5.91. The zero-order valence-corrected chi connectivity index (χ0v) is 10.5. The summed E-state index contributed by atoms with van der Waals surface area (Å²) in [6.45, 7) is 5.37. The topological polar surface area (TPSA) is 54.3 Å². The Morgan fingerprint density at radius 3 is 2.81 bits per heavy atom. The summed E-state index contributed by atoms with van der Waals surface area (Å²) in [7, 11) is 1.66. The van der Waals surface area contributed by atoms with Gasteiger partial charge in [0.2, 0.25) is 0 Å². The lowest BCUT2D eigenvalue weighted by atomic mass is 9.98. The molecule has 16 heavy (non-hydrogen) atoms. The van der Waals surface area contributed by atoms with Gasteiger partial charge >= 0.3 is 0 Å². The molecule has 0 amide bonds. The van der Waals surface area contributed by atoms with Gasteiger partial charge in [-0.1, -0.05) is 0 Å². The summed E-state index contributed by atoms with van der Waals surface area (Å²) >= 11 is 0. The van der Waals surface area contributed by atoms with E-state index in [2.05, 4.69) is 25.2 Å². The second kappa shape index (κ2) is 6.19. The Hall–Kier alpha value is -0.630. The van der Waals surface area contributed by atoms with Crippen LogP contribution in [0.25, 0.3) is 0 Å². The van der Waals surface area contributed by atoms with Crippen molar-refractivity contribution in [1.82, 2.24) is 5.32 Å². The molecule has 0 aromatic rings. The first kappa shape index (κ1) is 13.4. The van der Waals surface area contributed by atoms with E-state index in [9.17, 15) is 5.26 Å². The fraction of sp³-hybridized carbons (Fsp3) is 0.917. The minimum Gasteiger partial charge on any atom is -0.382 e. The van der Waals surface area contributed by atoms with Gasteiger partial charge in [-0.05, 0) is 26.7 Å². The summed E-state index contributed by atoms with van der Waals surface area (Å²) in [5, 5.41) is 12.6. The summed E-state index contributed by atoms with van der Waals surface area (Å²) in [4.78, 5) is 0.